The second-order valence-electron chi connectivity index (χ2n) is 4.50. The molecule has 110 valence electrons. The van der Waals surface area contributed by atoms with Crippen LogP contribution >= 0.6 is 0 Å². The van der Waals surface area contributed by atoms with Crippen molar-refractivity contribution in [1.82, 2.24) is 5.32 Å². The second-order valence-corrected chi connectivity index (χ2v) is 4.50. The number of cyclic esters (lactones) is 1. The molecule has 1 atom stereocenters. The standard InChI is InChI=1S/C15H15NO5/c1-10(17)16-12(9-11-5-3-2-4-6-11)14(18)21-13-7-8-20-15(13)19/h2-6,9,13H,7-8H2,1H3,(H,16,17)/b12-9-/t13-/m0/s1. The van der Waals surface area contributed by atoms with Crippen LogP contribution in [-0.2, 0) is 23.9 Å². The van der Waals surface area contributed by atoms with Crippen molar-refractivity contribution in [2.45, 2.75) is 19.4 Å². The summed E-state index contributed by atoms with van der Waals surface area (Å²) in [5.41, 5.74) is 0.709. The van der Waals surface area contributed by atoms with Crippen molar-refractivity contribution < 1.29 is 23.9 Å². The van der Waals surface area contributed by atoms with Gasteiger partial charge in [0.15, 0.2) is 0 Å². The third-order valence-corrected chi connectivity index (χ3v) is 2.78. The fraction of sp³-hybridized carbons (Fsp3) is 0.267. The van der Waals surface area contributed by atoms with Gasteiger partial charge in [0.1, 0.15) is 5.70 Å². The molecule has 21 heavy (non-hydrogen) atoms. The molecule has 0 aliphatic carbocycles. The van der Waals surface area contributed by atoms with Gasteiger partial charge in [-0.05, 0) is 11.6 Å². The summed E-state index contributed by atoms with van der Waals surface area (Å²) in [6, 6.07) is 8.99. The Balaban J connectivity index is 2.15. The maximum atomic E-state index is 12.1. The molecule has 0 radical (unpaired) electrons. The molecule has 1 aromatic rings. The summed E-state index contributed by atoms with van der Waals surface area (Å²) in [4.78, 5) is 34.6. The first-order chi connectivity index (χ1) is 10.1. The number of hydrogen-bond donors (Lipinski definition) is 1. The smallest absolute Gasteiger partial charge is 0.355 e. The van der Waals surface area contributed by atoms with Gasteiger partial charge in [-0.2, -0.15) is 0 Å². The van der Waals surface area contributed by atoms with E-state index in [1.54, 1.807) is 24.3 Å². The second kappa shape index (κ2) is 6.69. The Kier molecular flexibility index (Phi) is 4.71. The number of carbonyl (C=O) groups is 3. The van der Waals surface area contributed by atoms with Crippen molar-refractivity contribution in [3.63, 3.8) is 0 Å². The number of rotatable bonds is 4. The lowest BCUT2D eigenvalue weighted by atomic mass is 10.2. The van der Waals surface area contributed by atoms with Crippen LogP contribution in [0.25, 0.3) is 6.08 Å². The van der Waals surface area contributed by atoms with Gasteiger partial charge in [-0.1, -0.05) is 30.3 Å². The number of benzene rings is 1. The van der Waals surface area contributed by atoms with E-state index in [9.17, 15) is 14.4 Å². The first-order valence-corrected chi connectivity index (χ1v) is 6.48. The van der Waals surface area contributed by atoms with Gasteiger partial charge in [0.05, 0.1) is 6.61 Å². The van der Waals surface area contributed by atoms with E-state index in [1.807, 2.05) is 6.07 Å². The topological polar surface area (TPSA) is 81.7 Å². The third-order valence-electron chi connectivity index (χ3n) is 2.78. The summed E-state index contributed by atoms with van der Waals surface area (Å²) in [6.45, 7) is 1.52. The van der Waals surface area contributed by atoms with E-state index >= 15 is 0 Å². The molecule has 0 aromatic heterocycles. The first kappa shape index (κ1) is 14.8. The normalized spacial score (nSPS) is 18.0. The van der Waals surface area contributed by atoms with Crippen LogP contribution in [0.5, 0.6) is 0 Å². The molecule has 1 N–H and O–H groups in total. The molecule has 1 amide bonds. The predicted molar refractivity (Wildman–Crippen MR) is 73.7 cm³/mol. The van der Waals surface area contributed by atoms with Gasteiger partial charge in [-0.25, -0.2) is 9.59 Å². The monoisotopic (exact) mass is 289 g/mol. The Bertz CT molecular complexity index is 579. The Labute approximate surface area is 121 Å². The summed E-state index contributed by atoms with van der Waals surface area (Å²) < 4.78 is 9.78. The van der Waals surface area contributed by atoms with Crippen LogP contribution < -0.4 is 5.32 Å². The van der Waals surface area contributed by atoms with Crippen molar-refractivity contribution in [2.75, 3.05) is 6.61 Å². The van der Waals surface area contributed by atoms with E-state index in [1.165, 1.54) is 13.0 Å². The van der Waals surface area contributed by atoms with E-state index in [0.29, 0.717) is 6.42 Å². The highest BCUT2D eigenvalue weighted by atomic mass is 16.6. The van der Waals surface area contributed by atoms with Gasteiger partial charge in [-0.3, -0.25) is 4.79 Å². The number of nitrogens with one attached hydrogen (secondary N) is 1. The SMILES string of the molecule is CC(=O)N/C(=C\c1ccccc1)C(=O)O[C@H]1CCOC1=O. The molecular weight excluding hydrogens is 274 g/mol. The highest BCUT2D eigenvalue weighted by molar-refractivity contribution is 5.98. The van der Waals surface area contributed by atoms with Crippen LogP contribution in [-0.4, -0.2) is 30.6 Å². The summed E-state index contributed by atoms with van der Waals surface area (Å²) in [7, 11) is 0. The minimum absolute atomic E-state index is 0.0200. The maximum Gasteiger partial charge on any atom is 0.355 e. The van der Waals surface area contributed by atoms with E-state index in [-0.39, 0.29) is 12.3 Å². The molecule has 2 rings (SSSR count). The Morgan fingerprint density at radius 3 is 2.62 bits per heavy atom. The fourth-order valence-electron chi connectivity index (χ4n) is 1.83. The average Bonchev–Trinajstić information content (AvgIpc) is 2.84. The highest BCUT2D eigenvalue weighted by Gasteiger charge is 2.31. The number of amides is 1. The Morgan fingerprint density at radius 1 is 1.33 bits per heavy atom. The Hall–Kier alpha value is -2.63. The molecule has 6 heteroatoms. The lowest BCUT2D eigenvalue weighted by molar-refractivity contribution is -0.157. The molecule has 6 nitrogen and oxygen atoms in total. The van der Waals surface area contributed by atoms with Gasteiger partial charge in [-0.15, -0.1) is 0 Å². The minimum Gasteiger partial charge on any atom is -0.463 e. The molecule has 0 bridgehead atoms. The quantitative estimate of drug-likeness (QED) is 0.661. The van der Waals surface area contributed by atoms with Gasteiger partial charge in [0.2, 0.25) is 12.0 Å². The van der Waals surface area contributed by atoms with Gasteiger partial charge >= 0.3 is 11.9 Å². The number of carbonyl (C=O) groups excluding carboxylic acids is 3. The van der Waals surface area contributed by atoms with Crippen molar-refractivity contribution >= 4 is 23.9 Å². The Morgan fingerprint density at radius 2 is 2.05 bits per heavy atom. The molecule has 1 aromatic carbocycles. The summed E-state index contributed by atoms with van der Waals surface area (Å²) >= 11 is 0. The number of ether oxygens (including phenoxy) is 2. The summed E-state index contributed by atoms with van der Waals surface area (Å²) in [5, 5.41) is 2.41. The van der Waals surface area contributed by atoms with Crippen molar-refractivity contribution in [3.05, 3.63) is 41.6 Å². The fourth-order valence-corrected chi connectivity index (χ4v) is 1.83. The maximum absolute atomic E-state index is 12.1. The molecule has 0 unspecified atom stereocenters. The minimum atomic E-state index is -0.912. The zero-order valence-electron chi connectivity index (χ0n) is 11.5. The molecule has 0 spiro atoms. The molecule has 0 saturated carbocycles. The molecule has 1 fully saturated rings. The summed E-state index contributed by atoms with van der Waals surface area (Å²) in [5.74, 6) is -1.73. The molecule has 1 aliphatic rings. The van der Waals surface area contributed by atoms with Gasteiger partial charge in [0, 0.05) is 13.3 Å². The lowest BCUT2D eigenvalue weighted by Gasteiger charge is -2.11. The van der Waals surface area contributed by atoms with Gasteiger partial charge in [0.25, 0.3) is 0 Å². The average molecular weight is 289 g/mol. The van der Waals surface area contributed by atoms with Crippen LogP contribution in [0, 0.1) is 0 Å². The van der Waals surface area contributed by atoms with Crippen LogP contribution in [0.15, 0.2) is 36.0 Å². The van der Waals surface area contributed by atoms with Crippen LogP contribution in [0.1, 0.15) is 18.9 Å². The van der Waals surface area contributed by atoms with Crippen LogP contribution in [0.3, 0.4) is 0 Å². The highest BCUT2D eigenvalue weighted by Crippen LogP contribution is 2.13. The van der Waals surface area contributed by atoms with E-state index < -0.39 is 23.9 Å². The predicted octanol–water partition coefficient (Wildman–Crippen LogP) is 1.02. The molecular formula is C15H15NO5. The zero-order valence-corrected chi connectivity index (χ0v) is 11.5. The van der Waals surface area contributed by atoms with E-state index in [0.717, 1.165) is 5.56 Å². The zero-order chi connectivity index (χ0) is 15.2. The van der Waals surface area contributed by atoms with Crippen LogP contribution in [0.4, 0.5) is 0 Å². The lowest BCUT2D eigenvalue weighted by Crippen LogP contribution is -2.30. The number of esters is 2. The largest absolute Gasteiger partial charge is 0.463 e. The van der Waals surface area contributed by atoms with E-state index in [2.05, 4.69) is 5.32 Å². The molecule has 1 saturated heterocycles. The van der Waals surface area contributed by atoms with Crippen LogP contribution in [0.2, 0.25) is 0 Å². The first-order valence-electron chi connectivity index (χ1n) is 6.48. The molecule has 1 heterocycles. The van der Waals surface area contributed by atoms with E-state index in [4.69, 9.17) is 9.47 Å². The third kappa shape index (κ3) is 4.17. The number of hydrogen-bond acceptors (Lipinski definition) is 5. The van der Waals surface area contributed by atoms with Gasteiger partial charge < -0.3 is 14.8 Å². The summed E-state index contributed by atoms with van der Waals surface area (Å²) in [6.07, 6.45) is 0.901. The van der Waals surface area contributed by atoms with Crippen molar-refractivity contribution in [1.29, 1.82) is 0 Å². The van der Waals surface area contributed by atoms with Crippen molar-refractivity contribution in [3.8, 4) is 0 Å². The van der Waals surface area contributed by atoms with Crippen molar-refractivity contribution in [2.24, 2.45) is 0 Å². The molecule has 1 aliphatic heterocycles.